The van der Waals surface area contributed by atoms with Crippen LogP contribution in [0.3, 0.4) is 0 Å². The molecule has 1 amide bonds. The van der Waals surface area contributed by atoms with E-state index >= 15 is 0 Å². The van der Waals surface area contributed by atoms with Crippen LogP contribution in [-0.2, 0) is 8.85 Å². The fraction of sp³-hybridized carbons (Fsp3) is 0.875. The van der Waals surface area contributed by atoms with Gasteiger partial charge in [-0.3, -0.25) is 0 Å². The molecule has 1 N–H and O–H groups in total. The van der Waals surface area contributed by atoms with Crippen LogP contribution in [0, 0.1) is 0 Å². The molecular weight excluding hydrogens is 202 g/mol. The van der Waals surface area contributed by atoms with Gasteiger partial charge in [-0.2, -0.15) is 0 Å². The van der Waals surface area contributed by atoms with Crippen molar-refractivity contribution in [1.29, 1.82) is 0 Å². The first-order chi connectivity index (χ1) is 6.58. The molecule has 0 saturated carbocycles. The summed E-state index contributed by atoms with van der Waals surface area (Å²) in [5.41, 5.74) is -0.118. The second-order valence-electron chi connectivity index (χ2n) is 3.09. The summed E-state index contributed by atoms with van der Waals surface area (Å²) >= 11 is 0. The molecule has 0 fully saturated rings. The third-order valence-electron chi connectivity index (χ3n) is 2.16. The molecule has 0 heterocycles. The molecule has 5 nitrogen and oxygen atoms in total. The molecule has 6 heteroatoms. The Morgan fingerprint density at radius 1 is 1.50 bits per heavy atom. The van der Waals surface area contributed by atoms with Crippen molar-refractivity contribution in [2.45, 2.75) is 25.4 Å². The van der Waals surface area contributed by atoms with Gasteiger partial charge in [-0.05, 0) is 6.42 Å². The highest BCUT2D eigenvalue weighted by Crippen LogP contribution is 2.10. The van der Waals surface area contributed by atoms with E-state index in [1.54, 1.807) is 21.3 Å². The quantitative estimate of drug-likeness (QED) is 0.675. The second-order valence-corrected chi connectivity index (χ2v) is 5.54. The molecule has 0 aliphatic carbocycles. The lowest BCUT2D eigenvalue weighted by Gasteiger charge is -2.29. The number of rotatable bonds is 6. The molecule has 0 aromatic rings. The van der Waals surface area contributed by atoms with Gasteiger partial charge in [-0.1, -0.05) is 13.3 Å². The molecule has 1 unspecified atom stereocenters. The molecule has 0 spiro atoms. The van der Waals surface area contributed by atoms with Crippen LogP contribution in [0.2, 0.25) is 0 Å². The first kappa shape index (κ1) is 13.4. The number of carbonyl (C=O) groups is 1. The van der Waals surface area contributed by atoms with Gasteiger partial charge in [0.05, 0.1) is 5.67 Å². The van der Waals surface area contributed by atoms with Gasteiger partial charge in [0.25, 0.3) is 0 Å². The SMILES string of the molecule is CCCC(N(C)C(=O)O)[SiH](OC)OC. The molecule has 14 heavy (non-hydrogen) atoms. The van der Waals surface area contributed by atoms with Crippen LogP contribution < -0.4 is 0 Å². The third-order valence-corrected chi connectivity index (χ3v) is 4.50. The Kier molecular flexibility index (Phi) is 6.51. The molecule has 1 atom stereocenters. The Bertz CT molecular complexity index is 175. The normalized spacial score (nSPS) is 12.9. The molecule has 84 valence electrons. The zero-order valence-electron chi connectivity index (χ0n) is 9.19. The van der Waals surface area contributed by atoms with E-state index in [2.05, 4.69) is 0 Å². The van der Waals surface area contributed by atoms with E-state index < -0.39 is 15.4 Å². The smallest absolute Gasteiger partial charge is 0.407 e. The van der Waals surface area contributed by atoms with Crippen molar-refractivity contribution >= 4 is 15.4 Å². The molecule has 0 aromatic carbocycles. The summed E-state index contributed by atoms with van der Waals surface area (Å²) in [6.45, 7) is 2.01. The predicted molar refractivity (Wildman–Crippen MR) is 55.7 cm³/mol. The molecular formula is C8H19NO4Si. The number of carboxylic acid groups (broad SMARTS) is 1. The Hall–Kier alpha value is -0.593. The van der Waals surface area contributed by atoms with E-state index in [-0.39, 0.29) is 5.67 Å². The van der Waals surface area contributed by atoms with Crippen molar-refractivity contribution in [2.24, 2.45) is 0 Å². The highest BCUT2D eigenvalue weighted by atomic mass is 28.3. The van der Waals surface area contributed by atoms with Crippen LogP contribution in [0.1, 0.15) is 19.8 Å². The average Bonchev–Trinajstić information content (AvgIpc) is 2.17. The van der Waals surface area contributed by atoms with E-state index in [9.17, 15) is 4.79 Å². The summed E-state index contributed by atoms with van der Waals surface area (Å²) < 4.78 is 10.4. The van der Waals surface area contributed by atoms with Crippen LogP contribution in [-0.4, -0.2) is 52.3 Å². The van der Waals surface area contributed by atoms with Gasteiger partial charge in [0.2, 0.25) is 0 Å². The van der Waals surface area contributed by atoms with Crippen molar-refractivity contribution in [3.8, 4) is 0 Å². The Balaban J connectivity index is 4.46. The molecule has 0 rings (SSSR count). The van der Waals surface area contributed by atoms with Crippen molar-refractivity contribution in [2.75, 3.05) is 21.3 Å². The van der Waals surface area contributed by atoms with Gasteiger partial charge in [0, 0.05) is 21.3 Å². The molecule has 0 saturated heterocycles. The van der Waals surface area contributed by atoms with Gasteiger partial charge in [-0.15, -0.1) is 0 Å². The second kappa shape index (κ2) is 6.80. The largest absolute Gasteiger partial charge is 0.465 e. The topological polar surface area (TPSA) is 59.0 Å². The minimum Gasteiger partial charge on any atom is -0.465 e. The van der Waals surface area contributed by atoms with E-state index in [4.69, 9.17) is 14.0 Å². The minimum atomic E-state index is -1.89. The fourth-order valence-electron chi connectivity index (χ4n) is 1.36. The number of amides is 1. The minimum absolute atomic E-state index is 0.118. The van der Waals surface area contributed by atoms with Gasteiger partial charge < -0.3 is 18.9 Å². The lowest BCUT2D eigenvalue weighted by Crippen LogP contribution is -2.48. The molecule has 0 radical (unpaired) electrons. The van der Waals surface area contributed by atoms with Crippen LogP contribution in [0.5, 0.6) is 0 Å². The third kappa shape index (κ3) is 3.65. The average molecular weight is 221 g/mol. The van der Waals surface area contributed by atoms with Crippen molar-refractivity contribution in [3.05, 3.63) is 0 Å². The van der Waals surface area contributed by atoms with Gasteiger partial charge in [-0.25, -0.2) is 4.79 Å². The molecule has 0 aliphatic rings. The van der Waals surface area contributed by atoms with Gasteiger partial charge in [0.15, 0.2) is 0 Å². The van der Waals surface area contributed by atoms with E-state index in [0.29, 0.717) is 0 Å². The maximum Gasteiger partial charge on any atom is 0.407 e. The standard InChI is InChI=1S/C8H19NO4Si/c1-5-6-7(9(2)8(10)11)14(12-3)13-4/h7,14H,5-6H2,1-4H3,(H,10,11). The maximum atomic E-state index is 10.8. The summed E-state index contributed by atoms with van der Waals surface area (Å²) in [7, 11) is 2.80. The van der Waals surface area contributed by atoms with Crippen molar-refractivity contribution < 1.29 is 18.8 Å². The van der Waals surface area contributed by atoms with E-state index in [1.807, 2.05) is 6.92 Å². The van der Waals surface area contributed by atoms with Crippen molar-refractivity contribution in [1.82, 2.24) is 4.90 Å². The first-order valence-corrected chi connectivity index (χ1v) is 6.20. The summed E-state index contributed by atoms with van der Waals surface area (Å²) in [4.78, 5) is 12.1. The van der Waals surface area contributed by atoms with Gasteiger partial charge in [0.1, 0.15) is 0 Å². The van der Waals surface area contributed by atoms with E-state index in [1.165, 1.54) is 4.90 Å². The Morgan fingerprint density at radius 3 is 2.29 bits per heavy atom. The van der Waals surface area contributed by atoms with Crippen LogP contribution in [0.4, 0.5) is 4.79 Å². The molecule has 0 aliphatic heterocycles. The summed E-state index contributed by atoms with van der Waals surface area (Å²) in [5, 5.41) is 8.86. The number of nitrogens with zero attached hydrogens (tertiary/aromatic N) is 1. The first-order valence-electron chi connectivity index (χ1n) is 4.59. The fourth-order valence-corrected chi connectivity index (χ4v) is 3.28. The molecule has 0 bridgehead atoms. The Labute approximate surface area is 86.5 Å². The zero-order valence-corrected chi connectivity index (χ0v) is 10.3. The summed E-state index contributed by atoms with van der Waals surface area (Å²) in [6, 6.07) is 0. The van der Waals surface area contributed by atoms with Crippen LogP contribution in [0.15, 0.2) is 0 Å². The highest BCUT2D eigenvalue weighted by Gasteiger charge is 2.30. The maximum absolute atomic E-state index is 10.8. The van der Waals surface area contributed by atoms with Crippen LogP contribution in [0.25, 0.3) is 0 Å². The summed E-state index contributed by atoms with van der Waals surface area (Å²) in [5.74, 6) is 0. The van der Waals surface area contributed by atoms with Gasteiger partial charge >= 0.3 is 15.4 Å². The summed E-state index contributed by atoms with van der Waals surface area (Å²) in [6.07, 6.45) is 0.759. The highest BCUT2D eigenvalue weighted by molar-refractivity contribution is 6.46. The number of hydrogen-bond donors (Lipinski definition) is 1. The van der Waals surface area contributed by atoms with Crippen molar-refractivity contribution in [3.63, 3.8) is 0 Å². The Morgan fingerprint density at radius 2 is 2.00 bits per heavy atom. The zero-order chi connectivity index (χ0) is 11.1. The predicted octanol–water partition coefficient (Wildman–Crippen LogP) is 0.817. The monoisotopic (exact) mass is 221 g/mol. The molecule has 0 aromatic heterocycles. The van der Waals surface area contributed by atoms with E-state index in [0.717, 1.165) is 12.8 Å². The lowest BCUT2D eigenvalue weighted by molar-refractivity contribution is 0.136. The van der Waals surface area contributed by atoms with Crippen LogP contribution >= 0.6 is 0 Å². The lowest BCUT2D eigenvalue weighted by atomic mass is 10.3. The number of hydrogen-bond acceptors (Lipinski definition) is 3.